The standard InChI is InChI=1S/C4H5O2P/c1-3-4(2)7(5)6/h1H2,2H3/p+1. The Morgan fingerprint density at radius 2 is 2.43 bits per heavy atom. The van der Waals surface area contributed by atoms with Gasteiger partial charge in [0, 0.05) is 6.92 Å². The van der Waals surface area contributed by atoms with Crippen LogP contribution >= 0.6 is 8.03 Å². The predicted octanol–water partition coefficient (Wildman–Crippen LogP) is 1.41. The Balaban J connectivity index is 4.10. The van der Waals surface area contributed by atoms with E-state index in [0.717, 1.165) is 0 Å². The third kappa shape index (κ3) is 2.30. The molecule has 7 heavy (non-hydrogen) atoms. The Bertz CT molecular complexity index is 133. The molecular formula is C4H6O2P+. The van der Waals surface area contributed by atoms with Crippen LogP contribution in [0.25, 0.3) is 0 Å². The molecule has 0 spiro atoms. The molecule has 0 aromatic heterocycles. The summed E-state index contributed by atoms with van der Waals surface area (Å²) in [5.74, 6) is 0. The Labute approximate surface area is 43.0 Å². The molecule has 0 aromatic rings. The molecule has 0 saturated carbocycles. The minimum absolute atomic E-state index is 0.301. The van der Waals surface area contributed by atoms with Crippen LogP contribution in [0.15, 0.2) is 17.6 Å². The molecule has 1 atom stereocenters. The van der Waals surface area contributed by atoms with Crippen molar-refractivity contribution in [2.75, 3.05) is 0 Å². The number of hydrogen-bond acceptors (Lipinski definition) is 1. The smallest absolute Gasteiger partial charge is 0.156 e. The molecule has 0 rings (SSSR count). The third-order valence-electron chi connectivity index (χ3n) is 0.543. The summed E-state index contributed by atoms with van der Waals surface area (Å²) in [5, 5.41) is 0.301. The minimum Gasteiger partial charge on any atom is -0.156 e. The Morgan fingerprint density at radius 1 is 2.00 bits per heavy atom. The van der Waals surface area contributed by atoms with Crippen LogP contribution in [-0.4, -0.2) is 4.89 Å². The van der Waals surface area contributed by atoms with Gasteiger partial charge in [-0.05, 0) is 4.57 Å². The fraction of sp³-hybridized carbons (Fsp3) is 0.250. The highest BCUT2D eigenvalue weighted by molar-refractivity contribution is 7.43. The van der Waals surface area contributed by atoms with Crippen molar-refractivity contribution in [2.45, 2.75) is 6.92 Å². The van der Waals surface area contributed by atoms with E-state index in [-0.39, 0.29) is 0 Å². The predicted molar refractivity (Wildman–Crippen MR) is 28.2 cm³/mol. The van der Waals surface area contributed by atoms with Crippen molar-refractivity contribution in [2.24, 2.45) is 0 Å². The largest absolute Gasteiger partial charge is 0.549 e. The second-order valence-electron chi connectivity index (χ2n) is 1.04. The van der Waals surface area contributed by atoms with Gasteiger partial charge in [-0.2, -0.15) is 4.89 Å². The Morgan fingerprint density at radius 3 is 2.43 bits per heavy atom. The summed E-state index contributed by atoms with van der Waals surface area (Å²) in [6.07, 6.45) is 0. The molecule has 1 N–H and O–H groups in total. The molecule has 1 unspecified atom stereocenters. The van der Waals surface area contributed by atoms with Gasteiger partial charge in [-0.15, -0.1) is 0 Å². The van der Waals surface area contributed by atoms with Crippen molar-refractivity contribution in [1.29, 1.82) is 0 Å². The molecular weight excluding hydrogens is 111 g/mol. The van der Waals surface area contributed by atoms with Gasteiger partial charge in [0.2, 0.25) is 5.31 Å². The van der Waals surface area contributed by atoms with Crippen LogP contribution < -0.4 is 0 Å². The molecule has 3 heteroatoms. The highest BCUT2D eigenvalue weighted by atomic mass is 31.1. The Kier molecular flexibility index (Phi) is 2.54. The van der Waals surface area contributed by atoms with Gasteiger partial charge in [-0.3, -0.25) is 0 Å². The number of hydrogen-bond donors (Lipinski definition) is 1. The summed E-state index contributed by atoms with van der Waals surface area (Å²) >= 11 is 0. The van der Waals surface area contributed by atoms with Crippen molar-refractivity contribution in [1.82, 2.24) is 0 Å². The van der Waals surface area contributed by atoms with Gasteiger partial charge >= 0.3 is 8.03 Å². The molecule has 2 nitrogen and oxygen atoms in total. The lowest BCUT2D eigenvalue weighted by Crippen LogP contribution is -1.56. The summed E-state index contributed by atoms with van der Waals surface area (Å²) in [6, 6.07) is 0. The summed E-state index contributed by atoms with van der Waals surface area (Å²) < 4.78 is 9.94. The van der Waals surface area contributed by atoms with Crippen molar-refractivity contribution >= 4 is 8.03 Å². The summed E-state index contributed by atoms with van der Waals surface area (Å²) in [7, 11) is -2.17. The molecule has 38 valence electrons. The maximum atomic E-state index is 9.94. The zero-order valence-electron chi connectivity index (χ0n) is 4.01. The summed E-state index contributed by atoms with van der Waals surface area (Å²) in [6.45, 7) is 4.68. The van der Waals surface area contributed by atoms with Gasteiger partial charge in [0.15, 0.2) is 0 Å². The average Bonchev–Trinajstić information content (AvgIpc) is 1.65. The van der Waals surface area contributed by atoms with E-state index < -0.39 is 8.03 Å². The van der Waals surface area contributed by atoms with Gasteiger partial charge in [0.05, 0.1) is 0 Å². The van der Waals surface area contributed by atoms with E-state index in [9.17, 15) is 4.57 Å². The molecule has 0 radical (unpaired) electrons. The topological polar surface area (TPSA) is 37.3 Å². The van der Waals surface area contributed by atoms with Gasteiger partial charge in [-0.25, -0.2) is 0 Å². The molecule has 0 amide bonds. The lowest BCUT2D eigenvalue weighted by molar-refractivity contribution is 0.510. The van der Waals surface area contributed by atoms with E-state index in [2.05, 4.69) is 12.3 Å². The van der Waals surface area contributed by atoms with Crippen LogP contribution in [-0.2, 0) is 4.57 Å². The Hall–Kier alpha value is -0.420. The monoisotopic (exact) mass is 117 g/mol. The van der Waals surface area contributed by atoms with Gasteiger partial charge in [0.1, 0.15) is 0 Å². The minimum atomic E-state index is -2.17. The fourth-order valence-electron chi connectivity index (χ4n) is 0.0676. The zero-order chi connectivity index (χ0) is 5.86. The highest BCUT2D eigenvalue weighted by Gasteiger charge is 2.11. The molecule has 0 aliphatic rings. The van der Waals surface area contributed by atoms with E-state index in [1.165, 1.54) is 6.92 Å². The maximum absolute atomic E-state index is 9.94. The van der Waals surface area contributed by atoms with Crippen LogP contribution in [0.5, 0.6) is 0 Å². The second-order valence-corrected chi connectivity index (χ2v) is 2.25. The van der Waals surface area contributed by atoms with Crippen LogP contribution in [0.1, 0.15) is 6.92 Å². The van der Waals surface area contributed by atoms with E-state index in [1.807, 2.05) is 0 Å². The van der Waals surface area contributed by atoms with E-state index in [0.29, 0.717) is 5.31 Å². The van der Waals surface area contributed by atoms with Crippen molar-refractivity contribution in [3.63, 3.8) is 0 Å². The van der Waals surface area contributed by atoms with E-state index >= 15 is 0 Å². The normalized spacial score (nSPS) is 9.71. The lowest BCUT2D eigenvalue weighted by atomic mass is 10.7. The molecule has 0 aliphatic carbocycles. The molecule has 0 aromatic carbocycles. The molecule has 0 heterocycles. The van der Waals surface area contributed by atoms with Crippen LogP contribution in [0.4, 0.5) is 0 Å². The van der Waals surface area contributed by atoms with Crippen molar-refractivity contribution in [3.05, 3.63) is 17.6 Å². The fourth-order valence-corrected chi connectivity index (χ4v) is 0.203. The molecule has 0 saturated heterocycles. The van der Waals surface area contributed by atoms with Crippen molar-refractivity contribution < 1.29 is 9.46 Å². The molecule has 0 fully saturated rings. The van der Waals surface area contributed by atoms with Crippen LogP contribution in [0.2, 0.25) is 0 Å². The van der Waals surface area contributed by atoms with E-state index in [1.54, 1.807) is 0 Å². The molecule has 0 aliphatic heterocycles. The first kappa shape index (κ1) is 6.58. The van der Waals surface area contributed by atoms with Crippen LogP contribution in [0, 0.1) is 0 Å². The maximum Gasteiger partial charge on any atom is 0.549 e. The van der Waals surface area contributed by atoms with Crippen molar-refractivity contribution in [3.8, 4) is 0 Å². The second kappa shape index (κ2) is 2.70. The molecule has 0 bridgehead atoms. The third-order valence-corrected chi connectivity index (χ3v) is 1.27. The number of rotatable bonds is 1. The quantitative estimate of drug-likeness (QED) is 0.416. The van der Waals surface area contributed by atoms with Gasteiger partial charge in [-0.1, -0.05) is 12.3 Å². The zero-order valence-corrected chi connectivity index (χ0v) is 4.90. The number of allylic oxidation sites excluding steroid dienone is 1. The SMILES string of the molecule is C=C=C(C)[P+](=O)O. The first-order valence-electron chi connectivity index (χ1n) is 1.71. The van der Waals surface area contributed by atoms with Gasteiger partial charge in [0.25, 0.3) is 0 Å². The lowest BCUT2D eigenvalue weighted by Gasteiger charge is -1.62. The first-order valence-corrected chi connectivity index (χ1v) is 2.92. The van der Waals surface area contributed by atoms with Crippen LogP contribution in [0.3, 0.4) is 0 Å². The average molecular weight is 117 g/mol. The van der Waals surface area contributed by atoms with E-state index in [4.69, 9.17) is 4.89 Å². The van der Waals surface area contributed by atoms with Gasteiger partial charge < -0.3 is 0 Å². The first-order chi connectivity index (χ1) is 3.18. The summed E-state index contributed by atoms with van der Waals surface area (Å²) in [5.41, 5.74) is 2.30. The highest BCUT2D eigenvalue weighted by Crippen LogP contribution is 2.23. The summed E-state index contributed by atoms with van der Waals surface area (Å²) in [4.78, 5) is 8.19.